The van der Waals surface area contributed by atoms with Crippen LogP contribution in [0.3, 0.4) is 0 Å². The van der Waals surface area contributed by atoms with Crippen LogP contribution in [0.4, 0.5) is 0 Å². The van der Waals surface area contributed by atoms with Gasteiger partial charge in [-0.25, -0.2) is 0 Å². The highest BCUT2D eigenvalue weighted by Crippen LogP contribution is 2.38. The standard InChI is InChI=1S/C3H8Br2Si2/c1-7(5)2-6(4)3-7/h6H,2-3H2,1H3. The van der Waals surface area contributed by atoms with Crippen LogP contribution >= 0.6 is 30.6 Å². The summed E-state index contributed by atoms with van der Waals surface area (Å²) in [6.07, 6.45) is 0. The second kappa shape index (κ2) is 1.97. The van der Waals surface area contributed by atoms with Crippen molar-refractivity contribution in [2.45, 2.75) is 17.9 Å². The zero-order valence-electron chi connectivity index (χ0n) is 4.25. The predicted octanol–water partition coefficient (Wildman–Crippen LogP) is 2.17. The van der Waals surface area contributed by atoms with Gasteiger partial charge in [-0.2, -0.15) is 0 Å². The molecule has 0 unspecified atom stereocenters. The van der Waals surface area contributed by atoms with Gasteiger partial charge in [0.05, 0.1) is 0 Å². The van der Waals surface area contributed by atoms with E-state index in [1.807, 2.05) is 0 Å². The average Bonchev–Trinajstić information content (AvgIpc) is 1.27. The maximum atomic E-state index is 3.75. The van der Waals surface area contributed by atoms with Crippen molar-refractivity contribution in [3.8, 4) is 0 Å². The van der Waals surface area contributed by atoms with Gasteiger partial charge in [0.1, 0.15) is 14.1 Å². The molecule has 0 aromatic heterocycles. The first kappa shape index (κ1) is 6.51. The molecule has 0 radical (unpaired) electrons. The summed E-state index contributed by atoms with van der Waals surface area (Å²) in [6, 6.07) is 0. The Morgan fingerprint density at radius 3 is 2.00 bits per heavy atom. The molecule has 0 aromatic carbocycles. The first-order valence-electron chi connectivity index (χ1n) is 2.43. The SMILES string of the molecule is C[Si]1(Br)C[SiH](Br)C1. The van der Waals surface area contributed by atoms with E-state index in [2.05, 4.69) is 37.1 Å². The summed E-state index contributed by atoms with van der Waals surface area (Å²) in [4.78, 5) is 0. The molecular formula is C3H8Br2Si2. The van der Waals surface area contributed by atoms with Gasteiger partial charge in [0.25, 0.3) is 0 Å². The highest BCUT2D eigenvalue weighted by Gasteiger charge is 2.39. The molecule has 1 aliphatic rings. The molecule has 0 N–H and O–H groups in total. The van der Waals surface area contributed by atoms with Crippen LogP contribution in [0.25, 0.3) is 0 Å². The smallest absolute Gasteiger partial charge is 0.123 e. The second-order valence-corrected chi connectivity index (χ2v) is 19.3. The summed E-state index contributed by atoms with van der Waals surface area (Å²) < 4.78 is 0. The van der Waals surface area contributed by atoms with E-state index in [-0.39, 0.29) is 7.42 Å². The van der Waals surface area contributed by atoms with E-state index in [1.54, 1.807) is 11.3 Å². The molecule has 1 saturated heterocycles. The Hall–Kier alpha value is 1.39. The van der Waals surface area contributed by atoms with Crippen LogP contribution in [0, 0.1) is 0 Å². The van der Waals surface area contributed by atoms with Crippen LogP contribution < -0.4 is 0 Å². The topological polar surface area (TPSA) is 0 Å². The molecule has 1 fully saturated rings. The number of hydrogen-bond donors (Lipinski definition) is 0. The van der Waals surface area contributed by atoms with Gasteiger partial charge in [-0.05, 0) is 11.3 Å². The van der Waals surface area contributed by atoms with Gasteiger partial charge in [0.15, 0.2) is 0 Å². The molecule has 1 heterocycles. The summed E-state index contributed by atoms with van der Waals surface area (Å²) >= 11 is 7.43. The van der Waals surface area contributed by atoms with Crippen LogP contribution in [-0.2, 0) is 0 Å². The summed E-state index contributed by atoms with van der Waals surface area (Å²) in [5.74, 6) is 0. The van der Waals surface area contributed by atoms with Gasteiger partial charge >= 0.3 is 0 Å². The first-order chi connectivity index (χ1) is 3.10. The molecule has 0 bridgehead atoms. The minimum absolute atomic E-state index is 0.267. The van der Waals surface area contributed by atoms with E-state index < -0.39 is 6.69 Å². The Balaban J connectivity index is 2.29. The fraction of sp³-hybridized carbons (Fsp3) is 1.00. The van der Waals surface area contributed by atoms with Crippen LogP contribution in [0.2, 0.25) is 17.9 Å². The Bertz CT molecular complexity index is 75.0. The zero-order chi connectivity index (χ0) is 5.49. The van der Waals surface area contributed by atoms with E-state index in [0.717, 1.165) is 0 Å². The van der Waals surface area contributed by atoms with Gasteiger partial charge in [-0.3, -0.25) is 0 Å². The molecule has 0 aliphatic carbocycles. The molecule has 7 heavy (non-hydrogen) atoms. The van der Waals surface area contributed by atoms with Crippen molar-refractivity contribution in [2.24, 2.45) is 0 Å². The molecule has 0 spiro atoms. The third-order valence-electron chi connectivity index (χ3n) is 1.29. The monoisotopic (exact) mass is 258 g/mol. The molecule has 0 amide bonds. The Kier molecular flexibility index (Phi) is 1.83. The molecule has 42 valence electrons. The number of halogens is 2. The average molecular weight is 260 g/mol. The van der Waals surface area contributed by atoms with E-state index in [4.69, 9.17) is 0 Å². The fourth-order valence-corrected chi connectivity index (χ4v) is 35.5. The summed E-state index contributed by atoms with van der Waals surface area (Å²) in [5.41, 5.74) is 3.10. The second-order valence-electron chi connectivity index (χ2n) is 2.42. The lowest BCUT2D eigenvalue weighted by molar-refractivity contribution is 1.57. The fourth-order valence-electron chi connectivity index (χ4n) is 0.864. The molecule has 0 nitrogen and oxygen atoms in total. The van der Waals surface area contributed by atoms with Crippen molar-refractivity contribution >= 4 is 44.7 Å². The molecule has 1 aliphatic heterocycles. The summed E-state index contributed by atoms with van der Waals surface area (Å²) in [5, 5.41) is 0. The molecule has 0 aromatic rings. The van der Waals surface area contributed by atoms with Crippen molar-refractivity contribution in [2.75, 3.05) is 0 Å². The normalized spacial score (nSPS) is 51.0. The molecule has 1 rings (SSSR count). The maximum absolute atomic E-state index is 3.75. The van der Waals surface area contributed by atoms with Gasteiger partial charge < -0.3 is 0 Å². The Labute approximate surface area is 62.5 Å². The quantitative estimate of drug-likeness (QED) is 0.462. The Morgan fingerprint density at radius 1 is 1.57 bits per heavy atom. The van der Waals surface area contributed by atoms with Gasteiger partial charge in [0, 0.05) is 0 Å². The lowest BCUT2D eigenvalue weighted by Gasteiger charge is -2.33. The van der Waals surface area contributed by atoms with Crippen LogP contribution in [0.1, 0.15) is 0 Å². The molecule has 4 heteroatoms. The molecular weight excluding hydrogens is 252 g/mol. The van der Waals surface area contributed by atoms with Crippen molar-refractivity contribution < 1.29 is 0 Å². The van der Waals surface area contributed by atoms with Gasteiger partial charge in [-0.1, -0.05) is 6.55 Å². The maximum Gasteiger partial charge on any atom is 0.123 e. The lowest BCUT2D eigenvalue weighted by Crippen LogP contribution is -2.42. The highest BCUT2D eigenvalue weighted by molar-refractivity contribution is 9.28. The van der Waals surface area contributed by atoms with Crippen molar-refractivity contribution in [3.63, 3.8) is 0 Å². The predicted molar refractivity (Wildman–Crippen MR) is 46.2 cm³/mol. The van der Waals surface area contributed by atoms with Crippen LogP contribution in [0.5, 0.6) is 0 Å². The number of hydrogen-bond acceptors (Lipinski definition) is 0. The summed E-state index contributed by atoms with van der Waals surface area (Å²) in [7, 11) is -0.267. The van der Waals surface area contributed by atoms with Gasteiger partial charge in [-0.15, -0.1) is 30.6 Å². The van der Waals surface area contributed by atoms with Crippen molar-refractivity contribution in [3.05, 3.63) is 0 Å². The van der Waals surface area contributed by atoms with Crippen LogP contribution in [0.15, 0.2) is 0 Å². The zero-order valence-corrected chi connectivity index (χ0v) is 9.57. The lowest BCUT2D eigenvalue weighted by atomic mass is 11.7. The summed E-state index contributed by atoms with van der Waals surface area (Å²) in [6.45, 7) is 1.71. The third kappa shape index (κ3) is 1.66. The van der Waals surface area contributed by atoms with E-state index in [9.17, 15) is 0 Å². The minimum Gasteiger partial charge on any atom is -0.131 e. The first-order valence-corrected chi connectivity index (χ1v) is 12.4. The third-order valence-corrected chi connectivity index (χ3v) is 23.3. The number of rotatable bonds is 0. The van der Waals surface area contributed by atoms with Crippen molar-refractivity contribution in [1.29, 1.82) is 0 Å². The molecule has 0 atom stereocenters. The molecule has 0 saturated carbocycles. The van der Waals surface area contributed by atoms with Gasteiger partial charge in [0.2, 0.25) is 0 Å². The van der Waals surface area contributed by atoms with E-state index in [0.29, 0.717) is 0 Å². The highest BCUT2D eigenvalue weighted by atomic mass is 79.9. The van der Waals surface area contributed by atoms with Crippen LogP contribution in [-0.4, -0.2) is 14.1 Å². The minimum atomic E-state index is -0.686. The van der Waals surface area contributed by atoms with E-state index >= 15 is 0 Å². The largest absolute Gasteiger partial charge is 0.131 e. The Morgan fingerprint density at radius 2 is 2.00 bits per heavy atom. The van der Waals surface area contributed by atoms with Crippen molar-refractivity contribution in [1.82, 2.24) is 0 Å². The van der Waals surface area contributed by atoms with E-state index in [1.165, 1.54) is 0 Å².